The molecule has 1 aliphatic heterocycles. The van der Waals surface area contributed by atoms with Gasteiger partial charge in [0.15, 0.2) is 0 Å². The number of hydrogen-bond acceptors (Lipinski definition) is 2. The van der Waals surface area contributed by atoms with Crippen molar-refractivity contribution >= 4 is 6.03 Å². The number of urea groups is 1. The van der Waals surface area contributed by atoms with Crippen molar-refractivity contribution in [3.63, 3.8) is 0 Å². The van der Waals surface area contributed by atoms with Crippen LogP contribution in [0.5, 0.6) is 0 Å². The van der Waals surface area contributed by atoms with Gasteiger partial charge >= 0.3 is 6.03 Å². The maximum absolute atomic E-state index is 11.1. The van der Waals surface area contributed by atoms with Gasteiger partial charge in [0, 0.05) is 25.2 Å². The van der Waals surface area contributed by atoms with Crippen LogP contribution in [0.4, 0.5) is 4.79 Å². The van der Waals surface area contributed by atoms with Gasteiger partial charge in [0.1, 0.15) is 0 Å². The third-order valence-corrected chi connectivity index (χ3v) is 2.48. The molecule has 1 aliphatic carbocycles. The van der Waals surface area contributed by atoms with E-state index in [1.807, 2.05) is 4.90 Å². The first kappa shape index (κ1) is 6.91. The third kappa shape index (κ3) is 1.07. The van der Waals surface area contributed by atoms with Crippen LogP contribution in [-0.2, 0) is 0 Å². The Morgan fingerprint density at radius 1 is 1.55 bits per heavy atom. The summed E-state index contributed by atoms with van der Waals surface area (Å²) < 4.78 is 0. The lowest BCUT2D eigenvalue weighted by Crippen LogP contribution is -2.51. The molecule has 1 saturated carbocycles. The SMILES string of the molecule is NC1CC(N2CCNC2=O)C1. The fraction of sp³-hybridized carbons (Fsp3) is 0.857. The van der Waals surface area contributed by atoms with E-state index >= 15 is 0 Å². The van der Waals surface area contributed by atoms with E-state index in [2.05, 4.69) is 5.32 Å². The second-order valence-electron chi connectivity index (χ2n) is 3.31. The van der Waals surface area contributed by atoms with Gasteiger partial charge in [-0.1, -0.05) is 0 Å². The van der Waals surface area contributed by atoms with Crippen molar-refractivity contribution in [2.75, 3.05) is 13.1 Å². The largest absolute Gasteiger partial charge is 0.336 e. The molecule has 2 fully saturated rings. The van der Waals surface area contributed by atoms with Gasteiger partial charge in [-0.25, -0.2) is 4.79 Å². The molecule has 4 heteroatoms. The summed E-state index contributed by atoms with van der Waals surface area (Å²) in [6, 6.07) is 0.836. The summed E-state index contributed by atoms with van der Waals surface area (Å²) in [6.07, 6.45) is 1.96. The number of amides is 2. The quantitative estimate of drug-likeness (QED) is 0.536. The first-order valence-electron chi connectivity index (χ1n) is 4.07. The summed E-state index contributed by atoms with van der Waals surface area (Å²) in [4.78, 5) is 13.0. The number of nitrogens with one attached hydrogen (secondary N) is 1. The standard InChI is InChI=1S/C7H13N3O/c8-5-3-6(4-5)10-2-1-9-7(10)11/h5-6H,1-4,8H2,(H,9,11). The van der Waals surface area contributed by atoms with Gasteiger partial charge in [0.05, 0.1) is 0 Å². The Labute approximate surface area is 65.7 Å². The average Bonchev–Trinajstić information content (AvgIpc) is 2.29. The maximum Gasteiger partial charge on any atom is 0.317 e. The summed E-state index contributed by atoms with van der Waals surface area (Å²) in [6.45, 7) is 1.65. The molecule has 0 spiro atoms. The van der Waals surface area contributed by atoms with Crippen molar-refractivity contribution in [3.8, 4) is 0 Å². The van der Waals surface area contributed by atoms with Crippen molar-refractivity contribution in [3.05, 3.63) is 0 Å². The summed E-state index contributed by atoms with van der Waals surface area (Å²) in [5.74, 6) is 0. The first-order valence-corrected chi connectivity index (χ1v) is 4.07. The number of rotatable bonds is 1. The van der Waals surface area contributed by atoms with E-state index in [1.54, 1.807) is 0 Å². The predicted octanol–water partition coefficient (Wildman–Crippen LogP) is -0.499. The van der Waals surface area contributed by atoms with Crippen LogP contribution in [-0.4, -0.2) is 36.1 Å². The van der Waals surface area contributed by atoms with E-state index in [-0.39, 0.29) is 6.03 Å². The number of carbonyl (C=O) groups excluding carboxylic acids is 1. The molecule has 2 aliphatic rings. The van der Waals surface area contributed by atoms with Crippen molar-refractivity contribution < 1.29 is 4.79 Å². The van der Waals surface area contributed by atoms with E-state index < -0.39 is 0 Å². The van der Waals surface area contributed by atoms with Gasteiger partial charge in [-0.15, -0.1) is 0 Å². The molecule has 1 heterocycles. The number of nitrogens with two attached hydrogens (primary N) is 1. The van der Waals surface area contributed by atoms with Gasteiger partial charge in [-0.05, 0) is 12.8 Å². The zero-order chi connectivity index (χ0) is 7.84. The highest BCUT2D eigenvalue weighted by molar-refractivity contribution is 5.76. The molecule has 0 unspecified atom stereocenters. The highest BCUT2D eigenvalue weighted by Crippen LogP contribution is 2.24. The van der Waals surface area contributed by atoms with Crippen LogP contribution >= 0.6 is 0 Å². The first-order chi connectivity index (χ1) is 5.27. The minimum Gasteiger partial charge on any atom is -0.336 e. The minimum absolute atomic E-state index is 0.0851. The zero-order valence-electron chi connectivity index (χ0n) is 6.42. The van der Waals surface area contributed by atoms with Crippen LogP contribution < -0.4 is 11.1 Å². The molecule has 2 amide bonds. The monoisotopic (exact) mass is 155 g/mol. The lowest BCUT2D eigenvalue weighted by molar-refractivity contribution is 0.148. The van der Waals surface area contributed by atoms with Crippen LogP contribution in [0.1, 0.15) is 12.8 Å². The molecule has 0 bridgehead atoms. The fourth-order valence-electron chi connectivity index (χ4n) is 1.72. The molecule has 0 atom stereocenters. The molecule has 0 aromatic rings. The second kappa shape index (κ2) is 2.37. The Hall–Kier alpha value is -0.770. The molecule has 0 aromatic heterocycles. The van der Waals surface area contributed by atoms with Gasteiger partial charge < -0.3 is 16.0 Å². The molecule has 2 rings (SSSR count). The second-order valence-corrected chi connectivity index (χ2v) is 3.31. The summed E-state index contributed by atoms with van der Waals surface area (Å²) >= 11 is 0. The van der Waals surface area contributed by atoms with Gasteiger partial charge in [-0.3, -0.25) is 0 Å². The maximum atomic E-state index is 11.1. The lowest BCUT2D eigenvalue weighted by Gasteiger charge is -2.38. The molecule has 0 aromatic carbocycles. The highest BCUT2D eigenvalue weighted by atomic mass is 16.2. The molecular formula is C7H13N3O. The van der Waals surface area contributed by atoms with E-state index in [4.69, 9.17) is 5.73 Å². The Balaban J connectivity index is 1.90. The highest BCUT2D eigenvalue weighted by Gasteiger charge is 2.35. The van der Waals surface area contributed by atoms with Gasteiger partial charge in [0.2, 0.25) is 0 Å². The molecule has 0 radical (unpaired) electrons. The topological polar surface area (TPSA) is 58.4 Å². The number of carbonyl (C=O) groups is 1. The summed E-state index contributed by atoms with van der Waals surface area (Å²) in [5, 5.41) is 2.78. The van der Waals surface area contributed by atoms with Crippen LogP contribution in [0.15, 0.2) is 0 Å². The third-order valence-electron chi connectivity index (χ3n) is 2.48. The van der Waals surface area contributed by atoms with E-state index in [0.29, 0.717) is 12.1 Å². The molecule has 3 N–H and O–H groups in total. The predicted molar refractivity (Wildman–Crippen MR) is 41.1 cm³/mol. The Morgan fingerprint density at radius 3 is 2.73 bits per heavy atom. The molecule has 1 saturated heterocycles. The zero-order valence-corrected chi connectivity index (χ0v) is 6.42. The van der Waals surface area contributed by atoms with Crippen LogP contribution in [0.3, 0.4) is 0 Å². The minimum atomic E-state index is 0.0851. The van der Waals surface area contributed by atoms with Crippen molar-refractivity contribution in [2.45, 2.75) is 24.9 Å². The van der Waals surface area contributed by atoms with E-state index in [1.165, 1.54) is 0 Å². The van der Waals surface area contributed by atoms with Crippen LogP contribution in [0, 0.1) is 0 Å². The van der Waals surface area contributed by atoms with Gasteiger partial charge in [-0.2, -0.15) is 0 Å². The van der Waals surface area contributed by atoms with Crippen LogP contribution in [0.2, 0.25) is 0 Å². The number of hydrogen-bond donors (Lipinski definition) is 2. The Bertz CT molecular complexity index is 177. The fourth-order valence-corrected chi connectivity index (χ4v) is 1.72. The van der Waals surface area contributed by atoms with Crippen molar-refractivity contribution in [1.82, 2.24) is 10.2 Å². The molecular weight excluding hydrogens is 142 g/mol. The molecule has 4 nitrogen and oxygen atoms in total. The summed E-state index contributed by atoms with van der Waals surface area (Å²) in [5.41, 5.74) is 5.62. The summed E-state index contributed by atoms with van der Waals surface area (Å²) in [7, 11) is 0. The molecule has 62 valence electrons. The smallest absolute Gasteiger partial charge is 0.317 e. The normalized spacial score (nSPS) is 36.8. The molecule has 11 heavy (non-hydrogen) atoms. The lowest BCUT2D eigenvalue weighted by atomic mass is 9.86. The average molecular weight is 155 g/mol. The van der Waals surface area contributed by atoms with E-state index in [0.717, 1.165) is 25.9 Å². The Kier molecular flexibility index (Phi) is 1.49. The number of nitrogens with zero attached hydrogens (tertiary/aromatic N) is 1. The van der Waals surface area contributed by atoms with Crippen molar-refractivity contribution in [1.29, 1.82) is 0 Å². The van der Waals surface area contributed by atoms with Gasteiger partial charge in [0.25, 0.3) is 0 Å². The Morgan fingerprint density at radius 2 is 2.27 bits per heavy atom. The van der Waals surface area contributed by atoms with E-state index in [9.17, 15) is 4.79 Å². The van der Waals surface area contributed by atoms with Crippen LogP contribution in [0.25, 0.3) is 0 Å². The van der Waals surface area contributed by atoms with Crippen molar-refractivity contribution in [2.24, 2.45) is 5.73 Å².